The van der Waals surface area contributed by atoms with Crippen molar-refractivity contribution in [3.63, 3.8) is 0 Å². The summed E-state index contributed by atoms with van der Waals surface area (Å²) < 4.78 is 10.8. The van der Waals surface area contributed by atoms with E-state index in [0.717, 1.165) is 17.7 Å². The van der Waals surface area contributed by atoms with Crippen molar-refractivity contribution in [2.45, 2.75) is 6.92 Å². The van der Waals surface area contributed by atoms with E-state index in [0.29, 0.717) is 48.6 Å². The van der Waals surface area contributed by atoms with Crippen LogP contribution in [-0.2, 0) is 0 Å². The fraction of sp³-hybridized carbons (Fsp3) is 0.0769. The Morgan fingerprint density at radius 3 is 2.59 bits per heavy atom. The minimum atomic E-state index is -0.718. The van der Waals surface area contributed by atoms with E-state index < -0.39 is 21.2 Å². The Balaban J connectivity index is 1.50. The lowest BCUT2D eigenvalue weighted by atomic mass is 10.1. The van der Waals surface area contributed by atoms with Gasteiger partial charge in [0.05, 0.1) is 36.5 Å². The molecular formula is C26H18Cl2N6O6S. The molecule has 4 aromatic rings. The predicted octanol–water partition coefficient (Wildman–Crippen LogP) is 7.58. The average molecular weight is 613 g/mol. The van der Waals surface area contributed by atoms with Crippen LogP contribution in [0.1, 0.15) is 16.1 Å². The molecule has 208 valence electrons. The van der Waals surface area contributed by atoms with Crippen molar-refractivity contribution in [3.8, 4) is 11.5 Å². The smallest absolute Gasteiger partial charge is 0.301 e. The van der Waals surface area contributed by atoms with Crippen LogP contribution in [0.25, 0.3) is 6.08 Å². The largest absolute Gasteiger partial charge is 0.454 e. The summed E-state index contributed by atoms with van der Waals surface area (Å²) in [4.78, 5) is 26.5. The quantitative estimate of drug-likeness (QED) is 0.110. The fourth-order valence-corrected chi connectivity index (χ4v) is 4.99. The number of anilines is 3. The van der Waals surface area contributed by atoms with Gasteiger partial charge in [0, 0.05) is 11.8 Å². The number of allylic oxidation sites excluding steroid dienone is 1. The van der Waals surface area contributed by atoms with Crippen LogP contribution in [0.15, 0.2) is 65.8 Å². The Hall–Kier alpha value is -4.72. The van der Waals surface area contributed by atoms with Crippen LogP contribution >= 0.6 is 34.5 Å². The van der Waals surface area contributed by atoms with Gasteiger partial charge in [-0.1, -0.05) is 46.7 Å². The molecule has 1 aromatic heterocycles. The summed E-state index contributed by atoms with van der Waals surface area (Å²) in [5, 5.41) is 31.7. The molecule has 0 aliphatic carbocycles. The molecule has 41 heavy (non-hydrogen) atoms. The number of benzene rings is 3. The standard InChI is InChI=1S/C26H18Cl2N6O6S/c1-14-25(41-26(29-14)30-16-4-6-18(27)19(28)11-16)21(7-2-15-3-9-23-24(10-15)40-13-39-23)32-31-20-8-5-17(33(35)36)12-22(20)34(37)38/h2-12,31H,13H2,1H3,(H,29,30)/b7-2-,32-21+. The number of ether oxygens (including phenoxy) is 2. The topological polar surface area (TPSA) is 154 Å². The van der Waals surface area contributed by atoms with E-state index >= 15 is 0 Å². The van der Waals surface area contributed by atoms with Crippen molar-refractivity contribution in [3.05, 3.63) is 107 Å². The van der Waals surface area contributed by atoms with Crippen molar-refractivity contribution in [2.24, 2.45) is 5.10 Å². The number of thiazole rings is 1. The second-order valence-electron chi connectivity index (χ2n) is 8.46. The highest BCUT2D eigenvalue weighted by Gasteiger charge is 2.20. The van der Waals surface area contributed by atoms with E-state index in [9.17, 15) is 20.2 Å². The number of nitro benzene ring substituents is 2. The summed E-state index contributed by atoms with van der Waals surface area (Å²) in [6.45, 7) is 1.94. The third-order valence-electron chi connectivity index (χ3n) is 5.72. The van der Waals surface area contributed by atoms with Crippen LogP contribution in [-0.4, -0.2) is 27.3 Å². The molecular weight excluding hydrogens is 595 g/mol. The number of hydrogen-bond donors (Lipinski definition) is 2. The van der Waals surface area contributed by atoms with E-state index in [1.54, 1.807) is 43.3 Å². The Labute approximate surface area is 246 Å². The number of aryl methyl sites for hydroxylation is 1. The molecule has 0 spiro atoms. The lowest BCUT2D eigenvalue weighted by Gasteiger charge is -2.05. The molecule has 1 aliphatic heterocycles. The number of hydrogen-bond acceptors (Lipinski definition) is 11. The second-order valence-corrected chi connectivity index (χ2v) is 10.3. The monoisotopic (exact) mass is 612 g/mol. The summed E-state index contributed by atoms with van der Waals surface area (Å²) >= 11 is 13.4. The lowest BCUT2D eigenvalue weighted by Crippen LogP contribution is -2.03. The molecule has 15 heteroatoms. The number of nitrogens with one attached hydrogen (secondary N) is 2. The first-order valence-corrected chi connectivity index (χ1v) is 13.3. The summed E-state index contributed by atoms with van der Waals surface area (Å²) in [6, 6.07) is 13.8. The molecule has 0 fully saturated rings. The van der Waals surface area contributed by atoms with Gasteiger partial charge in [-0.3, -0.25) is 25.7 Å². The van der Waals surface area contributed by atoms with Crippen LogP contribution in [0.5, 0.6) is 11.5 Å². The maximum Gasteiger partial charge on any atom is 0.301 e. The van der Waals surface area contributed by atoms with Gasteiger partial charge >= 0.3 is 5.69 Å². The summed E-state index contributed by atoms with van der Waals surface area (Å²) in [5.74, 6) is 1.24. The number of nitrogens with zero attached hydrogens (tertiary/aromatic N) is 4. The lowest BCUT2D eigenvalue weighted by molar-refractivity contribution is -0.393. The van der Waals surface area contributed by atoms with Gasteiger partial charge in [-0.15, -0.1) is 0 Å². The molecule has 2 heterocycles. The second kappa shape index (κ2) is 11.8. The number of aromatic nitrogens is 1. The SMILES string of the molecule is Cc1nc(Nc2ccc(Cl)c(Cl)c2)sc1C(/C=C\c1ccc2c(c1)OCO2)=N/Nc1ccc([N+](=O)[O-])cc1[N+](=O)[O-]. The Bertz CT molecular complexity index is 1740. The Morgan fingerprint density at radius 2 is 1.83 bits per heavy atom. The van der Waals surface area contributed by atoms with E-state index in [-0.39, 0.29) is 12.5 Å². The molecule has 0 saturated carbocycles. The van der Waals surface area contributed by atoms with E-state index in [2.05, 4.69) is 20.8 Å². The van der Waals surface area contributed by atoms with Crippen molar-refractivity contribution in [1.82, 2.24) is 4.98 Å². The molecule has 12 nitrogen and oxygen atoms in total. The zero-order valence-electron chi connectivity index (χ0n) is 21.0. The summed E-state index contributed by atoms with van der Waals surface area (Å²) in [5.41, 5.74) is 4.26. The molecule has 0 amide bonds. The van der Waals surface area contributed by atoms with Crippen molar-refractivity contribution >= 4 is 74.2 Å². The molecule has 0 atom stereocenters. The minimum absolute atomic E-state index is 0.0223. The van der Waals surface area contributed by atoms with Crippen LogP contribution in [0.2, 0.25) is 10.0 Å². The number of nitro groups is 2. The number of halogens is 2. The molecule has 0 bridgehead atoms. The van der Waals surface area contributed by atoms with Crippen molar-refractivity contribution in [1.29, 1.82) is 0 Å². The average Bonchev–Trinajstić information content (AvgIpc) is 3.56. The zero-order valence-corrected chi connectivity index (χ0v) is 23.3. The molecule has 0 unspecified atom stereocenters. The van der Waals surface area contributed by atoms with Gasteiger partial charge in [-0.05, 0) is 55.0 Å². The van der Waals surface area contributed by atoms with Gasteiger partial charge in [-0.25, -0.2) is 4.98 Å². The highest BCUT2D eigenvalue weighted by Crippen LogP contribution is 2.34. The first-order chi connectivity index (χ1) is 19.7. The number of rotatable bonds is 9. The molecule has 5 rings (SSSR count). The summed E-state index contributed by atoms with van der Waals surface area (Å²) in [7, 11) is 0. The van der Waals surface area contributed by atoms with Gasteiger partial charge in [0.1, 0.15) is 11.4 Å². The van der Waals surface area contributed by atoms with Gasteiger partial charge < -0.3 is 14.8 Å². The molecule has 0 radical (unpaired) electrons. The first kappa shape index (κ1) is 27.8. The van der Waals surface area contributed by atoms with Gasteiger partial charge in [-0.2, -0.15) is 5.10 Å². The third-order valence-corrected chi connectivity index (χ3v) is 7.55. The highest BCUT2D eigenvalue weighted by atomic mass is 35.5. The van der Waals surface area contributed by atoms with E-state index in [1.807, 2.05) is 12.1 Å². The third kappa shape index (κ3) is 6.38. The van der Waals surface area contributed by atoms with Crippen LogP contribution in [0.3, 0.4) is 0 Å². The van der Waals surface area contributed by atoms with E-state index in [4.69, 9.17) is 32.7 Å². The zero-order chi connectivity index (χ0) is 29.1. The van der Waals surface area contributed by atoms with Crippen molar-refractivity contribution in [2.75, 3.05) is 17.5 Å². The van der Waals surface area contributed by atoms with Crippen LogP contribution in [0, 0.1) is 27.2 Å². The Kier molecular flexibility index (Phi) is 8.01. The van der Waals surface area contributed by atoms with Gasteiger partial charge in [0.2, 0.25) is 6.79 Å². The molecule has 2 N–H and O–H groups in total. The Morgan fingerprint density at radius 1 is 1.02 bits per heavy atom. The maximum absolute atomic E-state index is 11.6. The summed E-state index contributed by atoms with van der Waals surface area (Å²) in [6.07, 6.45) is 3.50. The maximum atomic E-state index is 11.6. The predicted molar refractivity (Wildman–Crippen MR) is 158 cm³/mol. The first-order valence-electron chi connectivity index (χ1n) is 11.7. The van der Waals surface area contributed by atoms with Crippen LogP contribution in [0.4, 0.5) is 27.9 Å². The van der Waals surface area contributed by atoms with E-state index in [1.165, 1.54) is 17.4 Å². The fourth-order valence-electron chi connectivity index (χ4n) is 3.74. The molecule has 3 aromatic carbocycles. The number of non-ortho nitro benzene ring substituents is 1. The minimum Gasteiger partial charge on any atom is -0.454 e. The number of fused-ring (bicyclic) bond motifs is 1. The normalized spacial score (nSPS) is 12.5. The number of hydrazone groups is 1. The molecule has 0 saturated heterocycles. The molecule has 1 aliphatic rings. The van der Waals surface area contributed by atoms with Gasteiger partial charge in [0.15, 0.2) is 16.6 Å². The van der Waals surface area contributed by atoms with Crippen LogP contribution < -0.4 is 20.2 Å². The highest BCUT2D eigenvalue weighted by molar-refractivity contribution is 7.18. The van der Waals surface area contributed by atoms with Crippen molar-refractivity contribution < 1.29 is 19.3 Å². The van der Waals surface area contributed by atoms with Gasteiger partial charge in [0.25, 0.3) is 5.69 Å².